The van der Waals surface area contributed by atoms with Gasteiger partial charge in [0.1, 0.15) is 0 Å². The zero-order valence-corrected chi connectivity index (χ0v) is 10.4. The molecule has 1 fully saturated rings. The third-order valence-electron chi connectivity index (χ3n) is 3.00. The minimum Gasteiger partial charge on any atom is -0.302 e. The van der Waals surface area contributed by atoms with Crippen LogP contribution in [0.1, 0.15) is 37.8 Å². The van der Waals surface area contributed by atoms with Crippen molar-refractivity contribution >= 4 is 22.4 Å². The molecule has 1 aliphatic carbocycles. The van der Waals surface area contributed by atoms with Crippen LogP contribution in [0, 0.1) is 5.92 Å². The second-order valence-electron chi connectivity index (χ2n) is 4.36. The molecule has 0 unspecified atom stereocenters. The maximum atomic E-state index is 12.3. The topological polar surface area (TPSA) is 42.0 Å². The minimum absolute atomic E-state index is 0.0258. The summed E-state index contributed by atoms with van der Waals surface area (Å²) in [5.74, 6) is -0.297. The Hall–Kier alpha value is -1.11. The Labute approximate surface area is 106 Å². The number of carbonyl (C=O) groups is 1. The first kappa shape index (κ1) is 13.3. The van der Waals surface area contributed by atoms with Gasteiger partial charge in [-0.2, -0.15) is 13.2 Å². The number of hydrogen-bond donors (Lipinski definition) is 1. The number of nitrogens with zero attached hydrogens (tertiary/aromatic N) is 1. The summed E-state index contributed by atoms with van der Waals surface area (Å²) in [5.41, 5.74) is -0.952. The van der Waals surface area contributed by atoms with Gasteiger partial charge in [0.2, 0.25) is 5.91 Å². The monoisotopic (exact) mass is 278 g/mol. The van der Waals surface area contributed by atoms with E-state index in [1.165, 1.54) is 0 Å². The van der Waals surface area contributed by atoms with Crippen molar-refractivity contribution in [2.45, 2.75) is 38.3 Å². The lowest BCUT2D eigenvalue weighted by Crippen LogP contribution is -2.24. The average molecular weight is 278 g/mol. The third kappa shape index (κ3) is 3.22. The smallest absolute Gasteiger partial charge is 0.302 e. The van der Waals surface area contributed by atoms with Gasteiger partial charge in [-0.3, -0.25) is 4.79 Å². The van der Waals surface area contributed by atoms with Gasteiger partial charge in [0.15, 0.2) is 10.8 Å². The summed E-state index contributed by atoms with van der Waals surface area (Å²) in [5, 5.41) is 3.41. The largest absolute Gasteiger partial charge is 0.434 e. The van der Waals surface area contributed by atoms with E-state index in [2.05, 4.69) is 10.3 Å². The number of rotatable bonds is 2. The molecule has 2 rings (SSSR count). The highest BCUT2D eigenvalue weighted by Gasteiger charge is 2.34. The Kier molecular flexibility index (Phi) is 3.89. The summed E-state index contributed by atoms with van der Waals surface area (Å²) in [6, 6.07) is 0. The van der Waals surface area contributed by atoms with Gasteiger partial charge in [-0.1, -0.05) is 19.3 Å². The summed E-state index contributed by atoms with van der Waals surface area (Å²) in [6.45, 7) is 0. The molecule has 1 amide bonds. The zero-order chi connectivity index (χ0) is 13.2. The Balaban J connectivity index is 1.96. The van der Waals surface area contributed by atoms with E-state index in [0.717, 1.165) is 48.8 Å². The number of halogens is 3. The van der Waals surface area contributed by atoms with Crippen molar-refractivity contribution in [3.8, 4) is 0 Å². The van der Waals surface area contributed by atoms with Crippen molar-refractivity contribution in [2.24, 2.45) is 5.92 Å². The number of carbonyl (C=O) groups excluding carboxylic acids is 1. The fraction of sp³-hybridized carbons (Fsp3) is 0.636. The number of thiazole rings is 1. The lowest BCUT2D eigenvalue weighted by Gasteiger charge is -2.19. The lowest BCUT2D eigenvalue weighted by atomic mass is 9.89. The summed E-state index contributed by atoms with van der Waals surface area (Å²) >= 11 is 0.806. The molecule has 7 heteroatoms. The van der Waals surface area contributed by atoms with Crippen LogP contribution in [0.3, 0.4) is 0 Å². The highest BCUT2D eigenvalue weighted by Crippen LogP contribution is 2.32. The first-order valence-electron chi connectivity index (χ1n) is 5.80. The van der Waals surface area contributed by atoms with E-state index in [1.54, 1.807) is 0 Å². The predicted molar refractivity (Wildman–Crippen MR) is 62.3 cm³/mol. The second kappa shape index (κ2) is 5.26. The molecule has 100 valence electrons. The van der Waals surface area contributed by atoms with E-state index in [4.69, 9.17) is 0 Å². The van der Waals surface area contributed by atoms with Crippen LogP contribution < -0.4 is 5.32 Å². The molecule has 0 spiro atoms. The number of hydrogen-bond acceptors (Lipinski definition) is 3. The van der Waals surface area contributed by atoms with Crippen molar-refractivity contribution < 1.29 is 18.0 Å². The Bertz CT molecular complexity index is 424. The Morgan fingerprint density at radius 3 is 2.56 bits per heavy atom. The molecule has 0 bridgehead atoms. The van der Waals surface area contributed by atoms with E-state index < -0.39 is 11.9 Å². The van der Waals surface area contributed by atoms with Gasteiger partial charge in [0.05, 0.1) is 0 Å². The number of nitrogens with one attached hydrogen (secondary N) is 1. The zero-order valence-electron chi connectivity index (χ0n) is 9.59. The summed E-state index contributed by atoms with van der Waals surface area (Å²) in [7, 11) is 0. The van der Waals surface area contributed by atoms with E-state index in [1.807, 2.05) is 0 Å². The number of aromatic nitrogens is 1. The number of anilines is 1. The van der Waals surface area contributed by atoms with E-state index in [0.29, 0.717) is 0 Å². The predicted octanol–water partition coefficient (Wildman–Crippen LogP) is 3.68. The molecule has 0 atom stereocenters. The van der Waals surface area contributed by atoms with Crippen molar-refractivity contribution in [1.82, 2.24) is 4.98 Å². The van der Waals surface area contributed by atoms with Gasteiger partial charge in [-0.25, -0.2) is 4.98 Å². The van der Waals surface area contributed by atoms with Gasteiger partial charge in [-0.05, 0) is 12.8 Å². The fourth-order valence-corrected chi connectivity index (χ4v) is 2.75. The SMILES string of the molecule is O=C(Nc1nc(C(F)(F)F)cs1)C1CCCCC1. The van der Waals surface area contributed by atoms with Crippen LogP contribution in [0.5, 0.6) is 0 Å². The highest BCUT2D eigenvalue weighted by molar-refractivity contribution is 7.13. The van der Waals surface area contributed by atoms with Crippen LogP contribution in [0.2, 0.25) is 0 Å². The van der Waals surface area contributed by atoms with Crippen LogP contribution in [0.4, 0.5) is 18.3 Å². The molecular weight excluding hydrogens is 265 g/mol. The summed E-state index contributed by atoms with van der Waals surface area (Å²) < 4.78 is 37.0. The van der Waals surface area contributed by atoms with Crippen molar-refractivity contribution in [2.75, 3.05) is 5.32 Å². The standard InChI is InChI=1S/C11H13F3N2OS/c12-11(13,14)8-6-18-10(15-8)16-9(17)7-4-2-1-3-5-7/h6-7H,1-5H2,(H,15,16,17). The molecule has 0 aromatic carbocycles. The number of alkyl halides is 3. The van der Waals surface area contributed by atoms with Gasteiger partial charge in [-0.15, -0.1) is 11.3 Å². The lowest BCUT2D eigenvalue weighted by molar-refractivity contribution is -0.140. The molecule has 1 N–H and O–H groups in total. The summed E-state index contributed by atoms with van der Waals surface area (Å²) in [6.07, 6.45) is 0.295. The number of amides is 1. The second-order valence-corrected chi connectivity index (χ2v) is 5.22. The van der Waals surface area contributed by atoms with E-state index in [9.17, 15) is 18.0 Å². The first-order valence-corrected chi connectivity index (χ1v) is 6.68. The molecule has 1 heterocycles. The fourth-order valence-electron chi connectivity index (χ4n) is 2.03. The molecule has 1 saturated carbocycles. The average Bonchev–Trinajstić information content (AvgIpc) is 2.78. The maximum Gasteiger partial charge on any atom is 0.434 e. The summed E-state index contributed by atoms with van der Waals surface area (Å²) in [4.78, 5) is 15.2. The van der Waals surface area contributed by atoms with Crippen molar-refractivity contribution in [3.63, 3.8) is 0 Å². The third-order valence-corrected chi connectivity index (χ3v) is 3.76. The van der Waals surface area contributed by atoms with Crippen LogP contribution in [0.25, 0.3) is 0 Å². The van der Waals surface area contributed by atoms with Gasteiger partial charge < -0.3 is 5.32 Å². The van der Waals surface area contributed by atoms with Gasteiger partial charge in [0, 0.05) is 11.3 Å². The normalized spacial score (nSPS) is 17.7. The van der Waals surface area contributed by atoms with Crippen molar-refractivity contribution in [3.05, 3.63) is 11.1 Å². The molecule has 0 aliphatic heterocycles. The van der Waals surface area contributed by atoms with Gasteiger partial charge in [0.25, 0.3) is 0 Å². The molecule has 1 aliphatic rings. The minimum atomic E-state index is -4.45. The molecule has 0 radical (unpaired) electrons. The maximum absolute atomic E-state index is 12.3. The molecular formula is C11H13F3N2OS. The molecule has 18 heavy (non-hydrogen) atoms. The molecule has 1 aromatic heterocycles. The van der Waals surface area contributed by atoms with Gasteiger partial charge >= 0.3 is 6.18 Å². The van der Waals surface area contributed by atoms with Crippen LogP contribution >= 0.6 is 11.3 Å². The Morgan fingerprint density at radius 1 is 1.33 bits per heavy atom. The van der Waals surface area contributed by atoms with Crippen LogP contribution in [-0.2, 0) is 11.0 Å². The van der Waals surface area contributed by atoms with E-state index >= 15 is 0 Å². The molecule has 3 nitrogen and oxygen atoms in total. The van der Waals surface area contributed by atoms with Crippen LogP contribution in [0.15, 0.2) is 5.38 Å². The molecule has 0 saturated heterocycles. The first-order chi connectivity index (χ1) is 8.47. The van der Waals surface area contributed by atoms with Crippen LogP contribution in [-0.4, -0.2) is 10.9 Å². The quantitative estimate of drug-likeness (QED) is 0.896. The highest BCUT2D eigenvalue weighted by atomic mass is 32.1. The Morgan fingerprint density at radius 2 is 2.00 bits per heavy atom. The van der Waals surface area contributed by atoms with Crippen molar-refractivity contribution in [1.29, 1.82) is 0 Å². The molecule has 1 aromatic rings. The van der Waals surface area contributed by atoms with E-state index in [-0.39, 0.29) is 17.0 Å².